The first-order chi connectivity index (χ1) is 10.1. The van der Waals surface area contributed by atoms with Crippen LogP contribution in [0.5, 0.6) is 0 Å². The maximum atomic E-state index is 10.2. The number of aliphatic hydroxyl groups excluding tert-OH is 1. The number of nitrogen functional groups attached to an aromatic ring is 1. The Morgan fingerprint density at radius 1 is 1.24 bits per heavy atom. The first-order valence-corrected chi connectivity index (χ1v) is 6.79. The number of nitrogens with zero attached hydrogens (tertiary/aromatic N) is 2. The third-order valence-corrected chi connectivity index (χ3v) is 3.29. The number of likely N-dealkylation sites (N-methyl/N-ethyl adjacent to an activating group) is 1. The van der Waals surface area contributed by atoms with Gasteiger partial charge in [0.1, 0.15) is 0 Å². The molecule has 0 aliphatic carbocycles. The Balaban J connectivity index is 1.98. The lowest BCUT2D eigenvalue weighted by Crippen LogP contribution is -2.24. The predicted octanol–water partition coefficient (Wildman–Crippen LogP) is 2.31. The van der Waals surface area contributed by atoms with Crippen LogP contribution in [0.4, 0.5) is 5.69 Å². The molecular formula is C17H19N3O. The molecule has 108 valence electrons. The van der Waals surface area contributed by atoms with Crippen LogP contribution in [0, 0.1) is 11.3 Å². The highest BCUT2D eigenvalue weighted by Gasteiger charge is 2.11. The van der Waals surface area contributed by atoms with Gasteiger partial charge in [0, 0.05) is 18.8 Å². The molecule has 2 rings (SSSR count). The number of nitrogens with two attached hydrogens (primary N) is 1. The van der Waals surface area contributed by atoms with Gasteiger partial charge in [0.05, 0.1) is 17.7 Å². The van der Waals surface area contributed by atoms with Crippen molar-refractivity contribution < 1.29 is 5.11 Å². The van der Waals surface area contributed by atoms with Gasteiger partial charge < -0.3 is 10.8 Å². The highest BCUT2D eigenvalue weighted by Crippen LogP contribution is 2.17. The standard InChI is InChI=1S/C17H19N3O/c1-20(11-14-5-2-4-13(8-14)10-18)12-17(21)15-6-3-7-16(19)9-15/h2-9,17,21H,11-12,19H2,1H3. The summed E-state index contributed by atoms with van der Waals surface area (Å²) in [6.45, 7) is 1.18. The molecule has 1 atom stereocenters. The Labute approximate surface area is 125 Å². The smallest absolute Gasteiger partial charge is 0.0991 e. The second kappa shape index (κ2) is 6.89. The van der Waals surface area contributed by atoms with Crippen molar-refractivity contribution in [3.8, 4) is 6.07 Å². The van der Waals surface area contributed by atoms with E-state index in [1.807, 2.05) is 42.3 Å². The average molecular weight is 281 g/mol. The number of hydrogen-bond donors (Lipinski definition) is 2. The number of rotatable bonds is 5. The minimum Gasteiger partial charge on any atom is -0.399 e. The zero-order valence-corrected chi connectivity index (χ0v) is 12.0. The lowest BCUT2D eigenvalue weighted by Gasteiger charge is -2.21. The first-order valence-electron chi connectivity index (χ1n) is 6.79. The summed E-state index contributed by atoms with van der Waals surface area (Å²) < 4.78 is 0. The number of hydrogen-bond acceptors (Lipinski definition) is 4. The van der Waals surface area contributed by atoms with Crippen LogP contribution in [0.1, 0.15) is 22.8 Å². The fraction of sp³-hybridized carbons (Fsp3) is 0.235. The first kappa shape index (κ1) is 15.0. The topological polar surface area (TPSA) is 73.3 Å². The quantitative estimate of drug-likeness (QED) is 0.825. The van der Waals surface area contributed by atoms with Gasteiger partial charge in [-0.2, -0.15) is 5.26 Å². The van der Waals surface area contributed by atoms with E-state index in [0.29, 0.717) is 24.3 Å². The Bertz CT molecular complexity index is 648. The van der Waals surface area contributed by atoms with Crippen LogP contribution in [0.25, 0.3) is 0 Å². The third-order valence-electron chi connectivity index (χ3n) is 3.29. The average Bonchev–Trinajstić information content (AvgIpc) is 2.47. The van der Waals surface area contributed by atoms with Gasteiger partial charge in [0.25, 0.3) is 0 Å². The second-order valence-electron chi connectivity index (χ2n) is 5.19. The Morgan fingerprint density at radius 3 is 2.71 bits per heavy atom. The molecule has 0 spiro atoms. The molecule has 0 heterocycles. The van der Waals surface area contributed by atoms with Gasteiger partial charge in [-0.3, -0.25) is 4.90 Å². The minimum atomic E-state index is -0.586. The van der Waals surface area contributed by atoms with E-state index in [0.717, 1.165) is 11.1 Å². The molecule has 4 heteroatoms. The number of anilines is 1. The van der Waals surface area contributed by atoms with Crippen LogP contribution in [0.15, 0.2) is 48.5 Å². The Morgan fingerprint density at radius 2 is 2.00 bits per heavy atom. The summed E-state index contributed by atoms with van der Waals surface area (Å²) in [5.74, 6) is 0. The van der Waals surface area contributed by atoms with Crippen LogP contribution >= 0.6 is 0 Å². The van der Waals surface area contributed by atoms with Gasteiger partial charge in [0.15, 0.2) is 0 Å². The number of nitriles is 1. The SMILES string of the molecule is CN(Cc1cccc(C#N)c1)CC(O)c1cccc(N)c1. The maximum Gasteiger partial charge on any atom is 0.0991 e. The molecule has 1 unspecified atom stereocenters. The maximum absolute atomic E-state index is 10.2. The summed E-state index contributed by atoms with van der Waals surface area (Å²) >= 11 is 0. The number of aliphatic hydroxyl groups is 1. The molecule has 0 saturated carbocycles. The van der Waals surface area contributed by atoms with Crippen molar-refractivity contribution >= 4 is 5.69 Å². The molecule has 0 radical (unpaired) electrons. The molecule has 0 fully saturated rings. The largest absolute Gasteiger partial charge is 0.399 e. The van der Waals surface area contributed by atoms with E-state index < -0.39 is 6.10 Å². The summed E-state index contributed by atoms with van der Waals surface area (Å²) in [6.07, 6.45) is -0.586. The van der Waals surface area contributed by atoms with Crippen molar-refractivity contribution in [3.05, 3.63) is 65.2 Å². The van der Waals surface area contributed by atoms with Gasteiger partial charge in [0.2, 0.25) is 0 Å². The van der Waals surface area contributed by atoms with Crippen molar-refractivity contribution in [1.29, 1.82) is 5.26 Å². The molecule has 2 aromatic rings. The van der Waals surface area contributed by atoms with E-state index in [2.05, 4.69) is 6.07 Å². The van der Waals surface area contributed by atoms with E-state index in [1.54, 1.807) is 18.2 Å². The van der Waals surface area contributed by atoms with E-state index in [9.17, 15) is 5.11 Å². The number of benzene rings is 2. The molecule has 0 aromatic heterocycles. The van der Waals surface area contributed by atoms with E-state index in [-0.39, 0.29) is 0 Å². The van der Waals surface area contributed by atoms with Crippen molar-refractivity contribution in [3.63, 3.8) is 0 Å². The van der Waals surface area contributed by atoms with Crippen LogP contribution in [-0.4, -0.2) is 23.6 Å². The molecule has 0 aliphatic heterocycles. The normalized spacial score (nSPS) is 12.1. The van der Waals surface area contributed by atoms with Gasteiger partial charge in [-0.15, -0.1) is 0 Å². The molecule has 2 aromatic carbocycles. The van der Waals surface area contributed by atoms with Gasteiger partial charge in [-0.05, 0) is 42.4 Å². The van der Waals surface area contributed by atoms with E-state index >= 15 is 0 Å². The van der Waals surface area contributed by atoms with Crippen molar-refractivity contribution in [2.75, 3.05) is 19.3 Å². The van der Waals surface area contributed by atoms with Crippen molar-refractivity contribution in [1.82, 2.24) is 4.90 Å². The molecule has 0 bridgehead atoms. The zero-order valence-electron chi connectivity index (χ0n) is 12.0. The third kappa shape index (κ3) is 4.32. The Hall–Kier alpha value is -2.35. The lowest BCUT2D eigenvalue weighted by molar-refractivity contribution is 0.124. The summed E-state index contributed by atoms with van der Waals surface area (Å²) in [6, 6.07) is 16.9. The van der Waals surface area contributed by atoms with Gasteiger partial charge in [-0.1, -0.05) is 24.3 Å². The molecule has 0 saturated heterocycles. The summed E-state index contributed by atoms with van der Waals surface area (Å²) in [7, 11) is 1.94. The predicted molar refractivity (Wildman–Crippen MR) is 83.3 cm³/mol. The van der Waals surface area contributed by atoms with E-state index in [4.69, 9.17) is 11.0 Å². The lowest BCUT2D eigenvalue weighted by atomic mass is 10.1. The van der Waals surface area contributed by atoms with Crippen LogP contribution in [0.3, 0.4) is 0 Å². The molecule has 4 nitrogen and oxygen atoms in total. The monoisotopic (exact) mass is 281 g/mol. The van der Waals surface area contributed by atoms with Crippen LogP contribution < -0.4 is 5.73 Å². The highest BCUT2D eigenvalue weighted by molar-refractivity contribution is 5.41. The van der Waals surface area contributed by atoms with Gasteiger partial charge >= 0.3 is 0 Å². The van der Waals surface area contributed by atoms with E-state index in [1.165, 1.54) is 0 Å². The van der Waals surface area contributed by atoms with Crippen molar-refractivity contribution in [2.45, 2.75) is 12.6 Å². The fourth-order valence-electron chi connectivity index (χ4n) is 2.28. The molecule has 21 heavy (non-hydrogen) atoms. The zero-order chi connectivity index (χ0) is 15.2. The van der Waals surface area contributed by atoms with Crippen LogP contribution in [0.2, 0.25) is 0 Å². The molecule has 0 aliphatic rings. The fourth-order valence-corrected chi connectivity index (χ4v) is 2.28. The Kier molecular flexibility index (Phi) is 4.94. The highest BCUT2D eigenvalue weighted by atomic mass is 16.3. The van der Waals surface area contributed by atoms with Crippen LogP contribution in [-0.2, 0) is 6.54 Å². The molecule has 3 N–H and O–H groups in total. The molecule has 0 amide bonds. The van der Waals surface area contributed by atoms with Gasteiger partial charge in [-0.25, -0.2) is 0 Å². The summed E-state index contributed by atoms with van der Waals surface area (Å²) in [5, 5.41) is 19.1. The minimum absolute atomic E-state index is 0.500. The van der Waals surface area contributed by atoms with Crippen molar-refractivity contribution in [2.24, 2.45) is 0 Å². The molecular weight excluding hydrogens is 262 g/mol. The summed E-state index contributed by atoms with van der Waals surface area (Å²) in [4.78, 5) is 2.02. The summed E-state index contributed by atoms with van der Waals surface area (Å²) in [5.41, 5.74) is 8.89. The second-order valence-corrected chi connectivity index (χ2v) is 5.19.